The summed E-state index contributed by atoms with van der Waals surface area (Å²) in [7, 11) is 1.53. The molecule has 0 saturated carbocycles. The summed E-state index contributed by atoms with van der Waals surface area (Å²) in [5, 5.41) is 8.67. The fraction of sp³-hybridized carbons (Fsp3) is 0.417. The molecule has 16 heavy (non-hydrogen) atoms. The zero-order valence-corrected chi connectivity index (χ0v) is 9.69. The smallest absolute Gasteiger partial charge is 0.307 e. The number of hydrogen-bond acceptors (Lipinski definition) is 3. The maximum absolute atomic E-state index is 10.6. The van der Waals surface area contributed by atoms with Gasteiger partial charge in [0.05, 0.1) is 19.6 Å². The molecule has 0 spiro atoms. The van der Waals surface area contributed by atoms with Gasteiger partial charge < -0.3 is 14.6 Å². The first-order chi connectivity index (χ1) is 7.52. The van der Waals surface area contributed by atoms with E-state index in [-0.39, 0.29) is 12.5 Å². The van der Waals surface area contributed by atoms with Gasteiger partial charge in [0, 0.05) is 0 Å². The van der Waals surface area contributed by atoms with Crippen molar-refractivity contribution < 1.29 is 19.4 Å². The Morgan fingerprint density at radius 3 is 2.56 bits per heavy atom. The number of ether oxygens (including phenoxy) is 2. The van der Waals surface area contributed by atoms with Gasteiger partial charge in [-0.1, -0.05) is 6.07 Å². The molecular weight excluding hydrogens is 208 g/mol. The van der Waals surface area contributed by atoms with Crippen molar-refractivity contribution in [3.05, 3.63) is 23.8 Å². The van der Waals surface area contributed by atoms with E-state index >= 15 is 0 Å². The van der Waals surface area contributed by atoms with Crippen molar-refractivity contribution in [3.8, 4) is 11.5 Å². The molecule has 88 valence electrons. The van der Waals surface area contributed by atoms with Gasteiger partial charge in [-0.15, -0.1) is 0 Å². The fourth-order valence-corrected chi connectivity index (χ4v) is 1.35. The highest BCUT2D eigenvalue weighted by Crippen LogP contribution is 2.29. The number of benzene rings is 1. The summed E-state index contributed by atoms with van der Waals surface area (Å²) in [5.74, 6) is 0.332. The molecule has 1 rings (SSSR count). The fourth-order valence-electron chi connectivity index (χ4n) is 1.35. The van der Waals surface area contributed by atoms with Gasteiger partial charge in [0.1, 0.15) is 0 Å². The standard InChI is InChI=1S/C12H16O4/c1-8(2)16-10-5-4-9(7-12(13)14)6-11(10)15-3/h4-6,8H,7H2,1-3H3,(H,13,14). The summed E-state index contributed by atoms with van der Waals surface area (Å²) >= 11 is 0. The van der Waals surface area contributed by atoms with E-state index in [1.165, 1.54) is 7.11 Å². The zero-order valence-electron chi connectivity index (χ0n) is 9.69. The van der Waals surface area contributed by atoms with E-state index in [1.54, 1.807) is 18.2 Å². The summed E-state index contributed by atoms with van der Waals surface area (Å²) in [6.45, 7) is 3.84. The Balaban J connectivity index is 2.92. The number of rotatable bonds is 5. The van der Waals surface area contributed by atoms with E-state index in [4.69, 9.17) is 14.6 Å². The maximum Gasteiger partial charge on any atom is 0.307 e. The van der Waals surface area contributed by atoms with E-state index in [1.807, 2.05) is 13.8 Å². The van der Waals surface area contributed by atoms with Crippen LogP contribution in [0.2, 0.25) is 0 Å². The van der Waals surface area contributed by atoms with Crippen molar-refractivity contribution in [2.75, 3.05) is 7.11 Å². The molecule has 4 nitrogen and oxygen atoms in total. The van der Waals surface area contributed by atoms with Crippen molar-refractivity contribution in [2.24, 2.45) is 0 Å². The van der Waals surface area contributed by atoms with Crippen LogP contribution >= 0.6 is 0 Å². The highest BCUT2D eigenvalue weighted by atomic mass is 16.5. The Hall–Kier alpha value is -1.71. The molecule has 0 radical (unpaired) electrons. The second kappa shape index (κ2) is 5.39. The van der Waals surface area contributed by atoms with Crippen LogP contribution in [0.3, 0.4) is 0 Å². The molecule has 0 aliphatic rings. The normalized spacial score (nSPS) is 10.2. The first kappa shape index (κ1) is 12.4. The van der Waals surface area contributed by atoms with Crippen molar-refractivity contribution in [1.29, 1.82) is 0 Å². The van der Waals surface area contributed by atoms with Gasteiger partial charge in [0.15, 0.2) is 11.5 Å². The number of carboxylic acid groups (broad SMARTS) is 1. The number of hydrogen-bond donors (Lipinski definition) is 1. The molecule has 0 aliphatic carbocycles. The van der Waals surface area contributed by atoms with Crippen molar-refractivity contribution in [1.82, 2.24) is 0 Å². The van der Waals surface area contributed by atoms with Crippen LogP contribution < -0.4 is 9.47 Å². The molecule has 0 atom stereocenters. The molecule has 1 aromatic rings. The van der Waals surface area contributed by atoms with Crippen LogP contribution in [-0.2, 0) is 11.2 Å². The van der Waals surface area contributed by atoms with E-state index in [0.29, 0.717) is 17.1 Å². The van der Waals surface area contributed by atoms with Crippen LogP contribution in [0, 0.1) is 0 Å². The lowest BCUT2D eigenvalue weighted by Gasteiger charge is -2.14. The first-order valence-corrected chi connectivity index (χ1v) is 5.08. The van der Waals surface area contributed by atoms with Gasteiger partial charge in [-0.25, -0.2) is 0 Å². The van der Waals surface area contributed by atoms with Crippen LogP contribution in [0.5, 0.6) is 11.5 Å². The number of carbonyl (C=O) groups is 1. The summed E-state index contributed by atoms with van der Waals surface area (Å²) < 4.78 is 10.7. The molecule has 0 bridgehead atoms. The highest BCUT2D eigenvalue weighted by molar-refractivity contribution is 5.70. The average Bonchev–Trinajstić information content (AvgIpc) is 2.18. The monoisotopic (exact) mass is 224 g/mol. The SMILES string of the molecule is COc1cc(CC(=O)O)ccc1OC(C)C. The number of carboxylic acids is 1. The minimum Gasteiger partial charge on any atom is -0.493 e. The Bertz CT molecular complexity index is 371. The lowest BCUT2D eigenvalue weighted by Crippen LogP contribution is -2.07. The van der Waals surface area contributed by atoms with Crippen LogP contribution in [0.4, 0.5) is 0 Å². The highest BCUT2D eigenvalue weighted by Gasteiger charge is 2.09. The average molecular weight is 224 g/mol. The lowest BCUT2D eigenvalue weighted by atomic mass is 10.1. The molecule has 0 unspecified atom stereocenters. The van der Waals surface area contributed by atoms with Gasteiger partial charge in [-0.05, 0) is 31.5 Å². The lowest BCUT2D eigenvalue weighted by molar-refractivity contribution is -0.136. The predicted molar refractivity (Wildman–Crippen MR) is 60.1 cm³/mol. The minimum absolute atomic E-state index is 0.0156. The van der Waals surface area contributed by atoms with Crippen LogP contribution in [0.1, 0.15) is 19.4 Å². The van der Waals surface area contributed by atoms with Gasteiger partial charge in [0.2, 0.25) is 0 Å². The third-order valence-electron chi connectivity index (χ3n) is 1.95. The Kier molecular flexibility index (Phi) is 4.17. The Morgan fingerprint density at radius 1 is 1.38 bits per heavy atom. The first-order valence-electron chi connectivity index (χ1n) is 5.08. The molecule has 1 aromatic carbocycles. The largest absolute Gasteiger partial charge is 0.493 e. The maximum atomic E-state index is 10.6. The molecule has 0 saturated heterocycles. The molecule has 0 fully saturated rings. The Labute approximate surface area is 94.8 Å². The van der Waals surface area contributed by atoms with Crippen molar-refractivity contribution >= 4 is 5.97 Å². The summed E-state index contributed by atoms with van der Waals surface area (Å²) in [6.07, 6.45) is 0.0393. The van der Waals surface area contributed by atoms with E-state index in [9.17, 15) is 4.79 Å². The molecule has 4 heteroatoms. The molecule has 0 aliphatic heterocycles. The van der Waals surface area contributed by atoms with E-state index in [2.05, 4.69) is 0 Å². The van der Waals surface area contributed by atoms with Crippen molar-refractivity contribution in [3.63, 3.8) is 0 Å². The van der Waals surface area contributed by atoms with Gasteiger partial charge >= 0.3 is 5.97 Å². The van der Waals surface area contributed by atoms with Gasteiger partial charge in [0.25, 0.3) is 0 Å². The summed E-state index contributed by atoms with van der Waals surface area (Å²) in [6, 6.07) is 5.15. The number of methoxy groups -OCH3 is 1. The topological polar surface area (TPSA) is 55.8 Å². The molecule has 0 aromatic heterocycles. The van der Waals surface area contributed by atoms with Crippen LogP contribution in [-0.4, -0.2) is 24.3 Å². The summed E-state index contributed by atoms with van der Waals surface area (Å²) in [4.78, 5) is 10.6. The second-order valence-corrected chi connectivity index (χ2v) is 3.72. The zero-order chi connectivity index (χ0) is 12.1. The van der Waals surface area contributed by atoms with Gasteiger partial charge in [-0.3, -0.25) is 4.79 Å². The second-order valence-electron chi connectivity index (χ2n) is 3.72. The predicted octanol–water partition coefficient (Wildman–Crippen LogP) is 2.11. The quantitative estimate of drug-likeness (QED) is 0.832. The minimum atomic E-state index is -0.861. The van der Waals surface area contributed by atoms with Crippen LogP contribution in [0.25, 0.3) is 0 Å². The molecule has 1 N–H and O–H groups in total. The van der Waals surface area contributed by atoms with E-state index < -0.39 is 5.97 Å². The molecular formula is C12H16O4. The van der Waals surface area contributed by atoms with Crippen LogP contribution in [0.15, 0.2) is 18.2 Å². The molecule has 0 amide bonds. The third-order valence-corrected chi connectivity index (χ3v) is 1.95. The Morgan fingerprint density at radius 2 is 2.06 bits per heavy atom. The summed E-state index contributed by atoms with van der Waals surface area (Å²) in [5.41, 5.74) is 0.695. The van der Waals surface area contributed by atoms with Gasteiger partial charge in [-0.2, -0.15) is 0 Å². The number of aliphatic carboxylic acids is 1. The third kappa shape index (κ3) is 3.46. The molecule has 0 heterocycles. The van der Waals surface area contributed by atoms with E-state index in [0.717, 1.165) is 0 Å². The van der Waals surface area contributed by atoms with Crippen molar-refractivity contribution in [2.45, 2.75) is 26.4 Å².